The number of hydrogen-bond donors (Lipinski definition) is 0. The highest BCUT2D eigenvalue weighted by Gasteiger charge is 2.12. The number of ketones is 1. The molecule has 1 heterocycles. The molecule has 0 aliphatic heterocycles. The molecule has 0 fully saturated rings. The van der Waals surface area contributed by atoms with Crippen molar-refractivity contribution in [2.45, 2.75) is 13.0 Å². The molecule has 17 heavy (non-hydrogen) atoms. The van der Waals surface area contributed by atoms with Gasteiger partial charge in [-0.05, 0) is 12.1 Å². The van der Waals surface area contributed by atoms with Crippen LogP contribution in [0.15, 0.2) is 24.3 Å². The lowest BCUT2D eigenvalue weighted by atomic mass is 10.2. The Hall–Kier alpha value is -2.24. The molecule has 2 aromatic rings. The summed E-state index contributed by atoms with van der Waals surface area (Å²) in [6.07, 6.45) is -0.245. The summed E-state index contributed by atoms with van der Waals surface area (Å²) in [6.45, 7) is 0.0234. The number of benzene rings is 1. The van der Waals surface area contributed by atoms with Gasteiger partial charge in [0, 0.05) is 0 Å². The summed E-state index contributed by atoms with van der Waals surface area (Å²) < 4.78 is 5.90. The maximum absolute atomic E-state index is 11.5. The quantitative estimate of drug-likeness (QED) is 0.570. The molecule has 0 atom stereocenters. The first-order valence-electron chi connectivity index (χ1n) is 5.07. The van der Waals surface area contributed by atoms with Crippen molar-refractivity contribution in [3.63, 3.8) is 0 Å². The van der Waals surface area contributed by atoms with Crippen LogP contribution in [0.3, 0.4) is 0 Å². The van der Waals surface area contributed by atoms with Gasteiger partial charge in [0.05, 0.1) is 12.6 Å². The number of carbonyl (C=O) groups excluding carboxylic acids is 2. The molecule has 0 saturated carbocycles. The van der Waals surface area contributed by atoms with Crippen LogP contribution in [-0.4, -0.2) is 33.9 Å². The fourth-order valence-electron chi connectivity index (χ4n) is 1.49. The van der Waals surface area contributed by atoms with Crippen molar-refractivity contribution in [2.24, 2.45) is 0 Å². The largest absolute Gasteiger partial charge is 0.469 e. The molecular weight excluding hydrogens is 222 g/mol. The van der Waals surface area contributed by atoms with Gasteiger partial charge in [0.25, 0.3) is 0 Å². The van der Waals surface area contributed by atoms with E-state index in [1.54, 1.807) is 0 Å². The standard InChI is InChI=1S/C11H11N3O3/c1-17-11(16)6-8(15)7-14-10-5-3-2-4-9(10)12-13-14/h2-5H,6-7H2,1H3. The Morgan fingerprint density at radius 1 is 1.35 bits per heavy atom. The fraction of sp³-hybridized carbons (Fsp3) is 0.273. The predicted molar refractivity (Wildman–Crippen MR) is 59.2 cm³/mol. The second kappa shape index (κ2) is 4.73. The van der Waals surface area contributed by atoms with E-state index in [-0.39, 0.29) is 18.7 Å². The minimum Gasteiger partial charge on any atom is -0.469 e. The van der Waals surface area contributed by atoms with Crippen LogP contribution in [0.25, 0.3) is 11.0 Å². The van der Waals surface area contributed by atoms with Crippen molar-refractivity contribution >= 4 is 22.8 Å². The van der Waals surface area contributed by atoms with E-state index in [1.807, 2.05) is 24.3 Å². The van der Waals surface area contributed by atoms with Gasteiger partial charge in [-0.15, -0.1) is 5.10 Å². The Bertz CT molecular complexity index is 562. The number of esters is 1. The zero-order chi connectivity index (χ0) is 12.3. The van der Waals surface area contributed by atoms with Gasteiger partial charge in [0.15, 0.2) is 5.78 Å². The molecular formula is C11H11N3O3. The van der Waals surface area contributed by atoms with Gasteiger partial charge in [-0.25, -0.2) is 4.68 Å². The Labute approximate surface area is 97.2 Å². The van der Waals surface area contributed by atoms with Gasteiger partial charge >= 0.3 is 5.97 Å². The number of carbonyl (C=O) groups is 2. The molecule has 0 spiro atoms. The number of nitrogens with zero attached hydrogens (tertiary/aromatic N) is 3. The molecule has 0 amide bonds. The van der Waals surface area contributed by atoms with E-state index in [0.29, 0.717) is 0 Å². The second-order valence-electron chi connectivity index (χ2n) is 3.53. The van der Waals surface area contributed by atoms with Crippen molar-refractivity contribution in [1.29, 1.82) is 0 Å². The van der Waals surface area contributed by atoms with Crippen LogP contribution in [0.5, 0.6) is 0 Å². The van der Waals surface area contributed by atoms with Crippen LogP contribution < -0.4 is 0 Å². The summed E-state index contributed by atoms with van der Waals surface area (Å²) in [4.78, 5) is 22.5. The second-order valence-corrected chi connectivity index (χ2v) is 3.53. The molecule has 88 valence electrons. The lowest BCUT2D eigenvalue weighted by Gasteiger charge is -2.00. The van der Waals surface area contributed by atoms with Gasteiger partial charge < -0.3 is 4.74 Å². The molecule has 0 bridgehead atoms. The Morgan fingerprint density at radius 3 is 2.88 bits per heavy atom. The third kappa shape index (κ3) is 2.47. The van der Waals surface area contributed by atoms with E-state index in [2.05, 4.69) is 15.0 Å². The van der Waals surface area contributed by atoms with Crippen molar-refractivity contribution in [3.05, 3.63) is 24.3 Å². The summed E-state index contributed by atoms with van der Waals surface area (Å²) >= 11 is 0. The van der Waals surface area contributed by atoms with E-state index >= 15 is 0 Å². The zero-order valence-corrected chi connectivity index (χ0v) is 9.29. The molecule has 0 unspecified atom stereocenters. The van der Waals surface area contributed by atoms with Crippen LogP contribution in [0, 0.1) is 0 Å². The van der Waals surface area contributed by atoms with Gasteiger partial charge in [0.2, 0.25) is 0 Å². The fourth-order valence-corrected chi connectivity index (χ4v) is 1.49. The SMILES string of the molecule is COC(=O)CC(=O)Cn1nnc2ccccc21. The molecule has 6 heteroatoms. The van der Waals surface area contributed by atoms with Crippen LogP contribution in [-0.2, 0) is 20.9 Å². The number of fused-ring (bicyclic) bond motifs is 1. The predicted octanol–water partition coefficient (Wildman–Crippen LogP) is 0.563. The lowest BCUT2D eigenvalue weighted by molar-refractivity contribution is -0.143. The van der Waals surface area contributed by atoms with Gasteiger partial charge in [-0.3, -0.25) is 9.59 Å². The van der Waals surface area contributed by atoms with Gasteiger partial charge in [-0.1, -0.05) is 17.3 Å². The highest BCUT2D eigenvalue weighted by molar-refractivity contribution is 5.95. The first-order valence-corrected chi connectivity index (χ1v) is 5.07. The van der Waals surface area contributed by atoms with Crippen molar-refractivity contribution in [3.8, 4) is 0 Å². The summed E-state index contributed by atoms with van der Waals surface area (Å²) in [7, 11) is 1.25. The van der Waals surface area contributed by atoms with Gasteiger partial charge in [0.1, 0.15) is 18.5 Å². The number of ether oxygens (including phenoxy) is 1. The lowest BCUT2D eigenvalue weighted by Crippen LogP contribution is -2.16. The molecule has 1 aromatic heterocycles. The summed E-state index contributed by atoms with van der Waals surface area (Å²) in [5.74, 6) is -0.799. The average Bonchev–Trinajstić information content (AvgIpc) is 2.72. The monoisotopic (exact) mass is 233 g/mol. The number of para-hydroxylation sites is 1. The minimum absolute atomic E-state index is 0.0234. The Balaban J connectivity index is 2.13. The molecule has 6 nitrogen and oxygen atoms in total. The number of Topliss-reactive ketones (excluding diaryl/α,β-unsaturated/α-hetero) is 1. The highest BCUT2D eigenvalue weighted by Crippen LogP contribution is 2.09. The van der Waals surface area contributed by atoms with Crippen molar-refractivity contribution < 1.29 is 14.3 Å². The molecule has 0 N–H and O–H groups in total. The van der Waals surface area contributed by atoms with Crippen LogP contribution in [0.1, 0.15) is 6.42 Å². The van der Waals surface area contributed by atoms with E-state index < -0.39 is 5.97 Å². The number of methoxy groups -OCH3 is 1. The summed E-state index contributed by atoms with van der Waals surface area (Å²) in [5.41, 5.74) is 1.49. The maximum Gasteiger partial charge on any atom is 0.313 e. The topological polar surface area (TPSA) is 74.1 Å². The Kier molecular flexibility index (Phi) is 3.13. The minimum atomic E-state index is -0.542. The van der Waals surface area contributed by atoms with Crippen LogP contribution >= 0.6 is 0 Å². The molecule has 0 aliphatic carbocycles. The molecule has 0 saturated heterocycles. The maximum atomic E-state index is 11.5. The zero-order valence-electron chi connectivity index (χ0n) is 9.29. The number of rotatable bonds is 4. The molecule has 0 radical (unpaired) electrons. The normalized spacial score (nSPS) is 10.4. The molecule has 1 aromatic carbocycles. The smallest absolute Gasteiger partial charge is 0.313 e. The van der Waals surface area contributed by atoms with Crippen LogP contribution in [0.2, 0.25) is 0 Å². The first kappa shape index (κ1) is 11.3. The third-order valence-corrected chi connectivity index (χ3v) is 2.32. The van der Waals surface area contributed by atoms with E-state index in [4.69, 9.17) is 0 Å². The molecule has 0 aliphatic rings. The van der Waals surface area contributed by atoms with Gasteiger partial charge in [-0.2, -0.15) is 0 Å². The Morgan fingerprint density at radius 2 is 2.12 bits per heavy atom. The van der Waals surface area contributed by atoms with Crippen molar-refractivity contribution in [2.75, 3.05) is 7.11 Å². The summed E-state index contributed by atoms with van der Waals surface area (Å²) in [6, 6.07) is 7.31. The van der Waals surface area contributed by atoms with Crippen molar-refractivity contribution in [1.82, 2.24) is 15.0 Å². The highest BCUT2D eigenvalue weighted by atomic mass is 16.5. The number of aromatic nitrogens is 3. The van der Waals surface area contributed by atoms with E-state index in [9.17, 15) is 9.59 Å². The van der Waals surface area contributed by atoms with E-state index in [0.717, 1.165) is 11.0 Å². The van der Waals surface area contributed by atoms with Crippen LogP contribution in [0.4, 0.5) is 0 Å². The number of hydrogen-bond acceptors (Lipinski definition) is 5. The third-order valence-electron chi connectivity index (χ3n) is 2.32. The first-order chi connectivity index (χ1) is 8.20. The van der Waals surface area contributed by atoms with E-state index in [1.165, 1.54) is 11.8 Å². The summed E-state index contributed by atoms with van der Waals surface area (Å²) in [5, 5.41) is 7.78. The molecule has 2 rings (SSSR count). The average molecular weight is 233 g/mol.